The summed E-state index contributed by atoms with van der Waals surface area (Å²) < 4.78 is 24.5. The number of hydrogen-bond donors (Lipinski definition) is 19. The highest BCUT2D eigenvalue weighted by Gasteiger charge is 2.53. The highest BCUT2D eigenvalue weighted by molar-refractivity contribution is 5.82. The number of aliphatic hydroxyl groups excluding tert-OH is 9. The number of hydrogen-bond acceptors (Lipinski definition) is 23. The van der Waals surface area contributed by atoms with Gasteiger partial charge in [-0.05, 0) is 84.1 Å². The Morgan fingerprint density at radius 2 is 0.939 bits per heavy atom. The van der Waals surface area contributed by atoms with E-state index < -0.39 is 153 Å². The van der Waals surface area contributed by atoms with E-state index in [9.17, 15) is 69.9 Å². The first-order chi connectivity index (χ1) is 31.3. The Morgan fingerprint density at radius 1 is 0.530 bits per heavy atom. The van der Waals surface area contributed by atoms with Crippen molar-refractivity contribution in [3.05, 3.63) is 0 Å². The molecule has 1 aliphatic carbocycles. The molecule has 24 N–H and O–H groups in total. The summed E-state index contributed by atoms with van der Waals surface area (Å²) >= 11 is 0. The normalized spacial score (nSPS) is 32.5. The summed E-state index contributed by atoms with van der Waals surface area (Å²) in [7, 11) is 0. The van der Waals surface area contributed by atoms with E-state index in [-0.39, 0.29) is 84.2 Å². The minimum atomic E-state index is -2.06. The number of carbonyl (C=O) groups excluding carboxylic acids is 5. The third-order valence-corrected chi connectivity index (χ3v) is 11.4. The molecule has 0 aromatic carbocycles. The van der Waals surface area contributed by atoms with Gasteiger partial charge in [0.1, 0.15) is 67.1 Å². The van der Waals surface area contributed by atoms with Crippen LogP contribution >= 0.6 is 0 Å². The number of aliphatic hydroxyl groups is 9. The summed E-state index contributed by atoms with van der Waals surface area (Å²) in [5.74, 6) is -4.72. The van der Waals surface area contributed by atoms with E-state index in [1.165, 1.54) is 0 Å². The molecule has 2 saturated heterocycles. The van der Waals surface area contributed by atoms with Crippen molar-refractivity contribution in [1.29, 1.82) is 0 Å². The van der Waals surface area contributed by atoms with Crippen LogP contribution in [-0.2, 0) is 42.9 Å². The molecule has 3 fully saturated rings. The van der Waals surface area contributed by atoms with E-state index in [4.69, 9.17) is 47.6 Å². The van der Waals surface area contributed by atoms with Crippen molar-refractivity contribution in [2.75, 3.05) is 45.9 Å². The van der Waals surface area contributed by atoms with Crippen LogP contribution in [0.25, 0.3) is 0 Å². The Hall–Kier alpha value is -3.37. The van der Waals surface area contributed by atoms with Gasteiger partial charge in [-0.1, -0.05) is 0 Å². The summed E-state index contributed by atoms with van der Waals surface area (Å²) in [6.45, 7) is -1.50. The molecule has 0 spiro atoms. The predicted octanol–water partition coefficient (Wildman–Crippen LogP) is -10.9. The van der Waals surface area contributed by atoms with Gasteiger partial charge in [-0.3, -0.25) is 24.0 Å². The predicted molar refractivity (Wildman–Crippen MR) is 225 cm³/mol. The number of nitrogens with one attached hydrogen (secondary N) is 5. The zero-order chi connectivity index (χ0) is 49.2. The number of rotatable bonds is 26. The lowest BCUT2D eigenvalue weighted by atomic mass is 9.82. The molecule has 3 rings (SSSR count). The third-order valence-electron chi connectivity index (χ3n) is 11.4. The van der Waals surface area contributed by atoms with Crippen LogP contribution in [0.15, 0.2) is 0 Å². The maximum atomic E-state index is 13.4. The molecule has 0 bridgehead atoms. The Balaban J connectivity index is 2.11. The molecule has 0 unspecified atom stereocenters. The molecule has 0 aromatic heterocycles. The van der Waals surface area contributed by atoms with Gasteiger partial charge in [0.25, 0.3) is 0 Å². The zero-order valence-electron chi connectivity index (χ0n) is 36.6. The topological polar surface area (TPSA) is 495 Å². The van der Waals surface area contributed by atoms with Gasteiger partial charge in [0.15, 0.2) is 12.6 Å². The molecular weight excluding hydrogens is 884 g/mol. The van der Waals surface area contributed by atoms with Crippen LogP contribution < -0.4 is 55.3 Å². The van der Waals surface area contributed by atoms with Gasteiger partial charge < -0.3 is 120 Å². The van der Waals surface area contributed by atoms with Crippen molar-refractivity contribution in [2.45, 2.75) is 161 Å². The Morgan fingerprint density at radius 3 is 1.38 bits per heavy atom. The molecule has 28 heteroatoms. The van der Waals surface area contributed by atoms with E-state index in [0.29, 0.717) is 0 Å². The van der Waals surface area contributed by atoms with Crippen LogP contribution in [0.3, 0.4) is 0 Å². The van der Waals surface area contributed by atoms with Crippen LogP contribution in [0.5, 0.6) is 0 Å². The fourth-order valence-electron chi connectivity index (χ4n) is 7.66. The average Bonchev–Trinajstić information content (AvgIpc) is 3.28. The molecule has 2 aliphatic heterocycles. The van der Waals surface area contributed by atoms with E-state index in [0.717, 1.165) is 0 Å². The first kappa shape index (κ1) is 57.0. The standard InChI is InChI=1S/C38H72N10O18/c39-8-3-20(50)32(58)44-14-16-1-2-17(45-33(59)21(51)4-9-40)37(63-16)65-30-18(46-34(60)22(52)5-10-41)13-19(47-35(61)23(53)6-11-42)31(29(30)57)66-38-28(56)26(27(55)25(15-49)64-38)48-36(62)24(54)7-12-43/h16-31,37-38,49-57H,1-15,39-43H2,(H,44,58)(H,45,59)(H,46,60)(H,47,61)(H,48,62)/t16-,17+,18-,19+,20-,21-,22-,23-,24-,25+,26-,27+,28+,29-,30+,31-,37+,38+/m0/s1. The summed E-state index contributed by atoms with van der Waals surface area (Å²) in [4.78, 5) is 65.2. The van der Waals surface area contributed by atoms with Crippen molar-refractivity contribution in [3.63, 3.8) is 0 Å². The average molecular weight is 957 g/mol. The monoisotopic (exact) mass is 957 g/mol. The van der Waals surface area contributed by atoms with Gasteiger partial charge in [0, 0.05) is 6.54 Å². The first-order valence-electron chi connectivity index (χ1n) is 22.0. The smallest absolute Gasteiger partial charge is 0.249 e. The quantitative estimate of drug-likeness (QED) is 0.0383. The van der Waals surface area contributed by atoms with Gasteiger partial charge in [-0.2, -0.15) is 0 Å². The Bertz CT molecular complexity index is 1530. The second kappa shape index (κ2) is 28.2. The van der Waals surface area contributed by atoms with Crippen LogP contribution in [0.2, 0.25) is 0 Å². The largest absolute Gasteiger partial charge is 0.394 e. The van der Waals surface area contributed by atoms with Gasteiger partial charge in [0.05, 0.1) is 36.9 Å². The fraction of sp³-hybridized carbons (Fsp3) is 0.868. The second-order valence-electron chi connectivity index (χ2n) is 16.4. The summed E-state index contributed by atoms with van der Waals surface area (Å²) in [6.07, 6.45) is -24.5. The first-order valence-corrected chi connectivity index (χ1v) is 22.0. The lowest BCUT2D eigenvalue weighted by molar-refractivity contribution is -0.316. The Labute approximate surface area is 380 Å². The van der Waals surface area contributed by atoms with Gasteiger partial charge in [-0.15, -0.1) is 0 Å². The van der Waals surface area contributed by atoms with Crippen molar-refractivity contribution >= 4 is 29.5 Å². The van der Waals surface area contributed by atoms with Crippen LogP contribution in [0, 0.1) is 0 Å². The van der Waals surface area contributed by atoms with Crippen LogP contribution in [0.4, 0.5) is 0 Å². The second-order valence-corrected chi connectivity index (χ2v) is 16.4. The number of amides is 5. The number of carbonyl (C=O) groups is 5. The van der Waals surface area contributed by atoms with Gasteiger partial charge in [0.2, 0.25) is 29.5 Å². The maximum Gasteiger partial charge on any atom is 0.249 e. The maximum absolute atomic E-state index is 13.4. The number of nitrogens with two attached hydrogens (primary N) is 5. The molecule has 382 valence electrons. The minimum Gasteiger partial charge on any atom is -0.394 e. The lowest BCUT2D eigenvalue weighted by Crippen LogP contribution is -2.71. The Kier molecular flexibility index (Phi) is 24.3. The molecule has 1 saturated carbocycles. The van der Waals surface area contributed by atoms with E-state index >= 15 is 0 Å². The number of ether oxygens (including phenoxy) is 4. The summed E-state index contributed by atoms with van der Waals surface area (Å²) in [6, 6.07) is -5.66. The summed E-state index contributed by atoms with van der Waals surface area (Å²) in [5, 5.41) is 109. The zero-order valence-corrected chi connectivity index (χ0v) is 36.6. The van der Waals surface area contributed by atoms with E-state index in [1.807, 2.05) is 0 Å². The molecular formula is C38H72N10O18. The highest BCUT2D eigenvalue weighted by atomic mass is 16.7. The third kappa shape index (κ3) is 16.1. The van der Waals surface area contributed by atoms with Crippen molar-refractivity contribution in [1.82, 2.24) is 26.6 Å². The molecule has 2 heterocycles. The SMILES string of the molecule is NCC[C@H](O)C(=O)NC[C@@H]1CC[C@@H](NC(=O)[C@@H](O)CCN)[C@@H](O[C@H]2[C@H](O)[C@@H](O[C@H]3O[C@H](CO)[C@@H](O)[C@H](NC(=O)[C@@H](O)CCN)[C@H]3O)[C@H](NC(=O)[C@@H](O)CCN)C[C@@H]2NC(=O)[C@@H](O)CCN)O1. The minimum absolute atomic E-state index is 0.0162. The van der Waals surface area contributed by atoms with Gasteiger partial charge in [-0.25, -0.2) is 0 Å². The fourth-order valence-corrected chi connectivity index (χ4v) is 7.66. The van der Waals surface area contributed by atoms with Crippen molar-refractivity contribution in [2.24, 2.45) is 28.7 Å². The molecule has 5 amide bonds. The molecule has 3 aliphatic rings. The molecule has 0 aromatic rings. The summed E-state index contributed by atoms with van der Waals surface area (Å²) in [5.41, 5.74) is 27.6. The van der Waals surface area contributed by atoms with Crippen LogP contribution in [0.1, 0.15) is 51.4 Å². The molecule has 18 atom stereocenters. The molecule has 28 nitrogen and oxygen atoms in total. The molecule has 0 radical (unpaired) electrons. The van der Waals surface area contributed by atoms with Crippen molar-refractivity contribution < 1.29 is 88.9 Å². The van der Waals surface area contributed by atoms with E-state index in [1.54, 1.807) is 0 Å². The van der Waals surface area contributed by atoms with Gasteiger partial charge >= 0.3 is 0 Å². The van der Waals surface area contributed by atoms with Crippen molar-refractivity contribution in [3.8, 4) is 0 Å². The lowest BCUT2D eigenvalue weighted by Gasteiger charge is -2.49. The van der Waals surface area contributed by atoms with Crippen LogP contribution in [-0.4, -0.2) is 231 Å². The molecule has 66 heavy (non-hydrogen) atoms. The van der Waals surface area contributed by atoms with E-state index in [2.05, 4.69) is 26.6 Å². The highest BCUT2D eigenvalue weighted by Crippen LogP contribution is 2.33.